The fourth-order valence-electron chi connectivity index (χ4n) is 1.48. The summed E-state index contributed by atoms with van der Waals surface area (Å²) in [6, 6.07) is 1.80. The smallest absolute Gasteiger partial charge is 0.303 e. The molecule has 1 aromatic rings. The van der Waals surface area contributed by atoms with Crippen molar-refractivity contribution in [1.82, 2.24) is 4.98 Å². The highest BCUT2D eigenvalue weighted by Crippen LogP contribution is 2.14. The van der Waals surface area contributed by atoms with Crippen molar-refractivity contribution in [2.75, 3.05) is 5.32 Å². The van der Waals surface area contributed by atoms with E-state index in [9.17, 15) is 9.59 Å². The first-order valence-electron chi connectivity index (χ1n) is 5.41. The van der Waals surface area contributed by atoms with E-state index in [1.165, 1.54) is 0 Å². The molecule has 2 N–H and O–H groups in total. The van der Waals surface area contributed by atoms with Gasteiger partial charge in [0, 0.05) is 19.0 Å². The SMILES string of the molecule is Cc1ccncc1NC(=O)CC(C)CC(=O)O. The van der Waals surface area contributed by atoms with Crippen molar-refractivity contribution in [2.24, 2.45) is 5.92 Å². The Morgan fingerprint density at radius 2 is 2.18 bits per heavy atom. The van der Waals surface area contributed by atoms with Gasteiger partial charge in [-0.05, 0) is 24.5 Å². The Hall–Kier alpha value is -1.91. The zero-order chi connectivity index (χ0) is 12.8. The van der Waals surface area contributed by atoms with E-state index in [-0.39, 0.29) is 24.7 Å². The van der Waals surface area contributed by atoms with Gasteiger partial charge in [0.1, 0.15) is 0 Å². The topological polar surface area (TPSA) is 79.3 Å². The molecular weight excluding hydrogens is 220 g/mol. The summed E-state index contributed by atoms with van der Waals surface area (Å²) < 4.78 is 0. The lowest BCUT2D eigenvalue weighted by molar-refractivity contribution is -0.138. The van der Waals surface area contributed by atoms with Gasteiger partial charge < -0.3 is 10.4 Å². The van der Waals surface area contributed by atoms with Crippen LogP contribution in [-0.2, 0) is 9.59 Å². The number of anilines is 1. The van der Waals surface area contributed by atoms with Gasteiger partial charge in [-0.25, -0.2) is 0 Å². The summed E-state index contributed by atoms with van der Waals surface area (Å²) in [5.41, 5.74) is 1.60. The maximum absolute atomic E-state index is 11.6. The van der Waals surface area contributed by atoms with Crippen molar-refractivity contribution in [3.8, 4) is 0 Å². The number of nitrogens with one attached hydrogen (secondary N) is 1. The molecule has 1 heterocycles. The predicted octanol–water partition coefficient (Wildman–Crippen LogP) is 1.83. The van der Waals surface area contributed by atoms with Gasteiger partial charge in [0.15, 0.2) is 0 Å². The van der Waals surface area contributed by atoms with Gasteiger partial charge in [-0.1, -0.05) is 6.92 Å². The lowest BCUT2D eigenvalue weighted by Crippen LogP contribution is -2.17. The lowest BCUT2D eigenvalue weighted by Gasteiger charge is -2.10. The number of aliphatic carboxylic acids is 1. The molecule has 92 valence electrons. The molecule has 0 spiro atoms. The molecule has 0 aromatic carbocycles. The summed E-state index contributed by atoms with van der Waals surface area (Å²) in [4.78, 5) is 26.0. The zero-order valence-corrected chi connectivity index (χ0v) is 9.93. The van der Waals surface area contributed by atoms with E-state index in [4.69, 9.17) is 5.11 Å². The average Bonchev–Trinajstić information content (AvgIpc) is 2.19. The standard InChI is InChI=1S/C12H16N2O3/c1-8(6-12(16)17)5-11(15)14-10-7-13-4-3-9(10)2/h3-4,7-8H,5-6H2,1-2H3,(H,14,15)(H,16,17). The van der Waals surface area contributed by atoms with Gasteiger partial charge in [0.25, 0.3) is 0 Å². The van der Waals surface area contributed by atoms with Crippen molar-refractivity contribution in [1.29, 1.82) is 0 Å². The number of aryl methyl sites for hydroxylation is 1. The molecule has 0 saturated heterocycles. The number of amides is 1. The summed E-state index contributed by atoms with van der Waals surface area (Å²) in [7, 11) is 0. The van der Waals surface area contributed by atoms with Gasteiger partial charge in [-0.2, -0.15) is 0 Å². The molecule has 1 amide bonds. The van der Waals surface area contributed by atoms with Crippen molar-refractivity contribution < 1.29 is 14.7 Å². The van der Waals surface area contributed by atoms with Gasteiger partial charge >= 0.3 is 5.97 Å². The summed E-state index contributed by atoms with van der Waals surface area (Å²) in [6.07, 6.45) is 3.42. The lowest BCUT2D eigenvalue weighted by atomic mass is 10.0. The van der Waals surface area contributed by atoms with Crippen LogP contribution in [0.1, 0.15) is 25.3 Å². The Labute approximate surface area is 99.9 Å². The summed E-state index contributed by atoms with van der Waals surface area (Å²) in [6.45, 7) is 3.61. The first-order chi connectivity index (χ1) is 7.99. The first kappa shape index (κ1) is 13.2. The summed E-state index contributed by atoms with van der Waals surface area (Å²) >= 11 is 0. The molecule has 1 rings (SSSR count). The Morgan fingerprint density at radius 3 is 2.76 bits per heavy atom. The highest BCUT2D eigenvalue weighted by atomic mass is 16.4. The Balaban J connectivity index is 2.50. The molecule has 1 aromatic heterocycles. The van der Waals surface area contributed by atoms with Crippen molar-refractivity contribution >= 4 is 17.6 Å². The Morgan fingerprint density at radius 1 is 1.47 bits per heavy atom. The third-order valence-corrected chi connectivity index (χ3v) is 2.37. The second-order valence-electron chi connectivity index (χ2n) is 4.15. The highest BCUT2D eigenvalue weighted by Gasteiger charge is 2.13. The minimum Gasteiger partial charge on any atom is -0.481 e. The third-order valence-electron chi connectivity index (χ3n) is 2.37. The van der Waals surface area contributed by atoms with Gasteiger partial charge in [-0.15, -0.1) is 0 Å². The number of hydrogen-bond donors (Lipinski definition) is 2. The number of pyridine rings is 1. The van der Waals surface area contributed by atoms with Crippen molar-refractivity contribution in [2.45, 2.75) is 26.7 Å². The second kappa shape index (κ2) is 5.98. The van der Waals surface area contributed by atoms with Crippen LogP contribution in [0.25, 0.3) is 0 Å². The van der Waals surface area contributed by atoms with E-state index in [2.05, 4.69) is 10.3 Å². The van der Waals surface area contributed by atoms with Crippen molar-refractivity contribution in [3.05, 3.63) is 24.0 Å². The number of aromatic nitrogens is 1. The minimum atomic E-state index is -0.886. The number of rotatable bonds is 5. The molecule has 1 unspecified atom stereocenters. The van der Waals surface area contributed by atoms with Crippen LogP contribution in [0.5, 0.6) is 0 Å². The molecule has 5 nitrogen and oxygen atoms in total. The van der Waals surface area contributed by atoms with Crippen LogP contribution in [0.15, 0.2) is 18.5 Å². The van der Waals surface area contributed by atoms with Crippen LogP contribution in [-0.4, -0.2) is 22.0 Å². The predicted molar refractivity (Wildman–Crippen MR) is 63.6 cm³/mol. The highest BCUT2D eigenvalue weighted by molar-refractivity contribution is 5.91. The zero-order valence-electron chi connectivity index (χ0n) is 9.93. The summed E-state index contributed by atoms with van der Waals surface area (Å²) in [5.74, 6) is -1.25. The fourth-order valence-corrected chi connectivity index (χ4v) is 1.48. The molecule has 0 aliphatic carbocycles. The molecule has 5 heteroatoms. The number of hydrogen-bond acceptors (Lipinski definition) is 3. The van der Waals surface area contributed by atoms with Crippen molar-refractivity contribution in [3.63, 3.8) is 0 Å². The molecule has 0 radical (unpaired) electrons. The van der Waals surface area contributed by atoms with Crippen LogP contribution < -0.4 is 5.32 Å². The van der Waals surface area contributed by atoms with Gasteiger partial charge in [0.05, 0.1) is 11.9 Å². The van der Waals surface area contributed by atoms with Crippen LogP contribution >= 0.6 is 0 Å². The molecule has 0 aliphatic rings. The fraction of sp³-hybridized carbons (Fsp3) is 0.417. The molecule has 0 saturated carbocycles. The maximum Gasteiger partial charge on any atom is 0.303 e. The summed E-state index contributed by atoms with van der Waals surface area (Å²) in [5, 5.41) is 11.3. The molecule has 0 aliphatic heterocycles. The maximum atomic E-state index is 11.6. The normalized spacial score (nSPS) is 11.9. The van der Waals surface area contributed by atoms with E-state index in [0.29, 0.717) is 5.69 Å². The van der Waals surface area contributed by atoms with E-state index >= 15 is 0 Å². The third kappa shape index (κ3) is 4.63. The molecular formula is C12H16N2O3. The van der Waals surface area contributed by atoms with Crippen LogP contribution in [0.4, 0.5) is 5.69 Å². The number of nitrogens with zero attached hydrogens (tertiary/aromatic N) is 1. The quantitative estimate of drug-likeness (QED) is 0.817. The molecule has 1 atom stereocenters. The monoisotopic (exact) mass is 236 g/mol. The van der Waals surface area contributed by atoms with Gasteiger partial charge in [-0.3, -0.25) is 14.6 Å². The number of carboxylic acids is 1. The van der Waals surface area contributed by atoms with Crippen LogP contribution in [0.3, 0.4) is 0 Å². The molecule has 0 bridgehead atoms. The van der Waals surface area contributed by atoms with Crippen LogP contribution in [0, 0.1) is 12.8 Å². The Kier molecular flexibility index (Phi) is 4.63. The van der Waals surface area contributed by atoms with Crippen LogP contribution in [0.2, 0.25) is 0 Å². The van der Waals surface area contributed by atoms with E-state index in [1.807, 2.05) is 6.92 Å². The average molecular weight is 236 g/mol. The Bertz CT molecular complexity index is 418. The van der Waals surface area contributed by atoms with E-state index in [1.54, 1.807) is 25.4 Å². The number of carboxylic acid groups (broad SMARTS) is 1. The van der Waals surface area contributed by atoms with Gasteiger partial charge in [0.2, 0.25) is 5.91 Å². The van der Waals surface area contributed by atoms with E-state index in [0.717, 1.165) is 5.56 Å². The minimum absolute atomic E-state index is 0.000554. The largest absolute Gasteiger partial charge is 0.481 e. The molecule has 0 fully saturated rings. The number of carbonyl (C=O) groups excluding carboxylic acids is 1. The van der Waals surface area contributed by atoms with E-state index < -0.39 is 5.97 Å². The molecule has 17 heavy (non-hydrogen) atoms. The number of carbonyl (C=O) groups is 2. The first-order valence-corrected chi connectivity index (χ1v) is 5.41. The second-order valence-corrected chi connectivity index (χ2v) is 4.15.